The summed E-state index contributed by atoms with van der Waals surface area (Å²) in [5, 5.41) is 13.8. The van der Waals surface area contributed by atoms with Crippen LogP contribution in [-0.2, 0) is 15.1 Å². The Morgan fingerprint density at radius 1 is 0.889 bits per heavy atom. The van der Waals surface area contributed by atoms with Gasteiger partial charge in [-0.05, 0) is 0 Å². The molecule has 0 amide bonds. The van der Waals surface area contributed by atoms with Crippen molar-refractivity contribution in [2.24, 2.45) is 0 Å². The second kappa shape index (κ2) is 78.7. The van der Waals surface area contributed by atoms with Crippen molar-refractivity contribution in [3.8, 4) is 0 Å². The van der Waals surface area contributed by atoms with Crippen LogP contribution in [0.25, 0.3) is 0 Å². The molecule has 9 heavy (non-hydrogen) atoms. The number of carboxylic acid groups (broad SMARTS) is 2. The molecule has 5 nitrogen and oxygen atoms in total. The molecule has 0 bridgehead atoms. The quantitative estimate of drug-likeness (QED) is 0.330. The molecule has 0 atom stereocenters. The molecule has 0 radical (unpaired) electrons. The predicted octanol–water partition coefficient (Wildman–Crippen LogP) is -1.48. The Hall–Kier alpha value is 0.432. The number of carbonyl (C=O) groups is 2. The van der Waals surface area contributed by atoms with Gasteiger partial charge < -0.3 is 15.7 Å². The van der Waals surface area contributed by atoms with E-state index in [-0.39, 0.29) is 64.5 Å². The molecule has 0 aromatic carbocycles. The van der Waals surface area contributed by atoms with E-state index >= 15 is 0 Å². The molecule has 0 aliphatic carbocycles. The third kappa shape index (κ3) is 1870. The molecule has 0 unspecified atom stereocenters. The SMILES string of the molecule is O=CO.O=CO.[Mg+2].[Mg+2].[O-2]. The summed E-state index contributed by atoms with van der Waals surface area (Å²) in [6.07, 6.45) is 0. The molecular formula is C2H4Mg2O5+2. The standard InChI is InChI=1S/2CH2O2.2Mg.O/c2*2-1-3;;;/h2*1H,(H,2,3);;;/q;;2*+2;-2. The van der Waals surface area contributed by atoms with Crippen molar-refractivity contribution in [3.05, 3.63) is 0 Å². The predicted molar refractivity (Wildman–Crippen MR) is 29.6 cm³/mol. The van der Waals surface area contributed by atoms with Crippen LogP contribution in [0.4, 0.5) is 0 Å². The van der Waals surface area contributed by atoms with E-state index in [1.807, 2.05) is 0 Å². The number of rotatable bonds is 0. The first-order valence-electron chi connectivity index (χ1n) is 0.988. The third-order valence-electron chi connectivity index (χ3n) is 0. The average molecular weight is 157 g/mol. The zero-order valence-electron chi connectivity index (χ0n) is 4.69. The van der Waals surface area contributed by atoms with E-state index in [4.69, 9.17) is 19.8 Å². The zero-order chi connectivity index (χ0) is 5.41. The van der Waals surface area contributed by atoms with Gasteiger partial charge in [0.2, 0.25) is 0 Å². The average Bonchev–Trinajstić information content (AvgIpc) is 1.39. The van der Waals surface area contributed by atoms with Crippen molar-refractivity contribution in [2.75, 3.05) is 0 Å². The summed E-state index contributed by atoms with van der Waals surface area (Å²) >= 11 is 0. The van der Waals surface area contributed by atoms with Crippen LogP contribution < -0.4 is 0 Å². The van der Waals surface area contributed by atoms with Gasteiger partial charge in [0.1, 0.15) is 0 Å². The van der Waals surface area contributed by atoms with E-state index in [2.05, 4.69) is 0 Å². The van der Waals surface area contributed by atoms with Gasteiger partial charge in [-0.1, -0.05) is 0 Å². The van der Waals surface area contributed by atoms with E-state index in [1.54, 1.807) is 0 Å². The van der Waals surface area contributed by atoms with Gasteiger partial charge >= 0.3 is 46.1 Å². The summed E-state index contributed by atoms with van der Waals surface area (Å²) in [7, 11) is 0. The summed E-state index contributed by atoms with van der Waals surface area (Å²) in [5.74, 6) is 0. The Kier molecular flexibility index (Phi) is 299. The minimum atomic E-state index is -0.250. The van der Waals surface area contributed by atoms with Crippen molar-refractivity contribution in [3.63, 3.8) is 0 Å². The minimum Gasteiger partial charge on any atom is -2.00 e. The van der Waals surface area contributed by atoms with Crippen LogP contribution >= 0.6 is 0 Å². The summed E-state index contributed by atoms with van der Waals surface area (Å²) in [5.41, 5.74) is 0. The van der Waals surface area contributed by atoms with Gasteiger partial charge in [-0.3, -0.25) is 9.59 Å². The molecule has 0 fully saturated rings. The normalized spacial score (nSPS) is 2.67. The van der Waals surface area contributed by atoms with Gasteiger partial charge in [-0.15, -0.1) is 0 Å². The van der Waals surface area contributed by atoms with Gasteiger partial charge in [0.25, 0.3) is 12.9 Å². The summed E-state index contributed by atoms with van der Waals surface area (Å²) in [6.45, 7) is -0.500. The second-order valence-corrected chi connectivity index (χ2v) is 0.211. The van der Waals surface area contributed by atoms with Crippen LogP contribution in [-0.4, -0.2) is 69.3 Å². The van der Waals surface area contributed by atoms with Crippen molar-refractivity contribution in [2.45, 2.75) is 0 Å². The van der Waals surface area contributed by atoms with Crippen LogP contribution in [0.3, 0.4) is 0 Å². The molecule has 2 N–H and O–H groups in total. The largest absolute Gasteiger partial charge is 2.00 e. The Bertz CT molecular complexity index is 33.9. The van der Waals surface area contributed by atoms with Crippen LogP contribution in [0.1, 0.15) is 0 Å². The molecule has 7 heteroatoms. The van der Waals surface area contributed by atoms with E-state index in [0.29, 0.717) is 0 Å². The van der Waals surface area contributed by atoms with Gasteiger partial charge in [0.05, 0.1) is 0 Å². The first-order chi connectivity index (χ1) is 2.83. The Morgan fingerprint density at radius 2 is 0.889 bits per heavy atom. The van der Waals surface area contributed by atoms with Crippen molar-refractivity contribution in [1.82, 2.24) is 0 Å². The monoisotopic (exact) mass is 156 g/mol. The van der Waals surface area contributed by atoms with E-state index in [1.165, 1.54) is 0 Å². The van der Waals surface area contributed by atoms with E-state index < -0.39 is 0 Å². The minimum absolute atomic E-state index is 0. The molecule has 0 aromatic heterocycles. The maximum Gasteiger partial charge on any atom is 2.00 e. The summed E-state index contributed by atoms with van der Waals surface area (Å²) < 4.78 is 0. The van der Waals surface area contributed by atoms with Gasteiger partial charge in [-0.25, -0.2) is 0 Å². The summed E-state index contributed by atoms with van der Waals surface area (Å²) in [4.78, 5) is 16.7. The van der Waals surface area contributed by atoms with Gasteiger partial charge in [0.15, 0.2) is 0 Å². The third-order valence-corrected chi connectivity index (χ3v) is 0. The first kappa shape index (κ1) is 34.1. The molecule has 0 heterocycles. The Labute approximate surface area is 84.0 Å². The zero-order valence-corrected chi connectivity index (χ0v) is 7.52. The topological polar surface area (TPSA) is 103 Å². The fraction of sp³-hybridized carbons (Fsp3) is 0. The number of hydrogen-bond donors (Lipinski definition) is 2. The fourth-order valence-corrected chi connectivity index (χ4v) is 0. The fourth-order valence-electron chi connectivity index (χ4n) is 0. The van der Waals surface area contributed by atoms with Crippen molar-refractivity contribution >= 4 is 59.1 Å². The summed E-state index contributed by atoms with van der Waals surface area (Å²) in [6, 6.07) is 0. The van der Waals surface area contributed by atoms with Gasteiger partial charge in [-0.2, -0.15) is 0 Å². The molecule has 0 aromatic rings. The molecular weight excluding hydrogens is 153 g/mol. The van der Waals surface area contributed by atoms with Crippen molar-refractivity contribution < 1.29 is 25.3 Å². The molecule has 0 aliphatic rings. The maximum absolute atomic E-state index is 8.36. The first-order valence-corrected chi connectivity index (χ1v) is 0.988. The number of hydrogen-bond acceptors (Lipinski definition) is 2. The molecule has 0 saturated heterocycles. The van der Waals surface area contributed by atoms with Crippen LogP contribution in [0.15, 0.2) is 0 Å². The van der Waals surface area contributed by atoms with E-state index in [9.17, 15) is 0 Å². The second-order valence-electron chi connectivity index (χ2n) is 0.211. The Balaban J connectivity index is -0.00000000889. The smallest absolute Gasteiger partial charge is 2.00 e. The van der Waals surface area contributed by atoms with E-state index in [0.717, 1.165) is 0 Å². The van der Waals surface area contributed by atoms with Crippen LogP contribution in [0.2, 0.25) is 0 Å². The Morgan fingerprint density at radius 3 is 0.889 bits per heavy atom. The van der Waals surface area contributed by atoms with Crippen LogP contribution in [0, 0.1) is 0 Å². The maximum atomic E-state index is 8.36. The molecule has 44 valence electrons. The van der Waals surface area contributed by atoms with Crippen LogP contribution in [0.5, 0.6) is 0 Å². The van der Waals surface area contributed by atoms with Gasteiger partial charge in [0, 0.05) is 0 Å². The molecule has 0 rings (SSSR count). The van der Waals surface area contributed by atoms with Crippen molar-refractivity contribution in [1.29, 1.82) is 0 Å². The molecule has 0 saturated carbocycles. The molecule has 0 aliphatic heterocycles. The molecule has 0 spiro atoms.